The first-order chi connectivity index (χ1) is 4.83. The number of imidazole rings is 1. The Balaban J connectivity index is 2.42. The number of aryl methyl sites for hydroxylation is 1. The van der Waals surface area contributed by atoms with Crippen LogP contribution in [0.1, 0.15) is 25.5 Å². The quantitative estimate of drug-likeness (QED) is 0.753. The molecule has 0 saturated carbocycles. The highest BCUT2D eigenvalue weighted by molar-refractivity contribution is 14.1. The van der Waals surface area contributed by atoms with E-state index in [0.29, 0.717) is 0 Å². The van der Waals surface area contributed by atoms with E-state index in [0.717, 1.165) is 6.42 Å². The summed E-state index contributed by atoms with van der Waals surface area (Å²) in [6, 6.07) is 0. The molecule has 0 spiro atoms. The Morgan fingerprint density at radius 3 is 3.00 bits per heavy atom. The number of aromatic nitrogens is 2. The van der Waals surface area contributed by atoms with E-state index in [1.807, 2.05) is 9.11 Å². The third-order valence-corrected chi connectivity index (χ3v) is 1.92. The van der Waals surface area contributed by atoms with Crippen molar-refractivity contribution in [2.45, 2.75) is 26.2 Å². The highest BCUT2D eigenvalue weighted by Crippen LogP contribution is 2.03. The zero-order valence-corrected chi connectivity index (χ0v) is 8.21. The maximum Gasteiger partial charge on any atom is 0.104 e. The van der Waals surface area contributed by atoms with E-state index in [1.54, 1.807) is 0 Å². The second kappa shape index (κ2) is 3.95. The lowest BCUT2D eigenvalue weighted by molar-refractivity contribution is 0.781. The van der Waals surface area contributed by atoms with Crippen molar-refractivity contribution in [3.8, 4) is 0 Å². The molecule has 1 heterocycles. The summed E-state index contributed by atoms with van der Waals surface area (Å²) in [7, 11) is 0. The highest BCUT2D eigenvalue weighted by Gasteiger charge is 1.94. The number of nitrogens with zero attached hydrogens (tertiary/aromatic N) is 2. The first kappa shape index (κ1) is 8.04. The summed E-state index contributed by atoms with van der Waals surface area (Å²) in [6.07, 6.45) is 7.51. The van der Waals surface area contributed by atoms with Crippen LogP contribution in [0.2, 0.25) is 0 Å². The summed E-state index contributed by atoms with van der Waals surface area (Å²) in [5.41, 5.74) is 1.20. The topological polar surface area (TPSA) is 17.8 Å². The zero-order valence-electron chi connectivity index (χ0n) is 6.05. The van der Waals surface area contributed by atoms with Gasteiger partial charge in [0.05, 0.1) is 28.6 Å². The smallest absolute Gasteiger partial charge is 0.104 e. The molecule has 0 fully saturated rings. The van der Waals surface area contributed by atoms with Crippen LogP contribution in [0.4, 0.5) is 0 Å². The van der Waals surface area contributed by atoms with Gasteiger partial charge in [0.15, 0.2) is 0 Å². The minimum absolute atomic E-state index is 1.12. The molecule has 0 bridgehead atoms. The number of unbranched alkanes of at least 4 members (excludes halogenated alkanes) is 1. The SMILES string of the molecule is CCCCc1cn(I)cn1. The monoisotopic (exact) mass is 250 g/mol. The van der Waals surface area contributed by atoms with Gasteiger partial charge in [-0.05, 0) is 12.8 Å². The van der Waals surface area contributed by atoms with Crippen LogP contribution in [0.25, 0.3) is 0 Å². The maximum absolute atomic E-state index is 4.21. The number of hydrogen-bond donors (Lipinski definition) is 0. The molecule has 0 radical (unpaired) electrons. The Morgan fingerprint density at radius 2 is 2.50 bits per heavy atom. The Kier molecular flexibility index (Phi) is 3.18. The first-order valence-corrected chi connectivity index (χ1v) is 4.48. The molecule has 1 aromatic heterocycles. The van der Waals surface area contributed by atoms with Crippen LogP contribution in [0, 0.1) is 0 Å². The van der Waals surface area contributed by atoms with Gasteiger partial charge >= 0.3 is 0 Å². The summed E-state index contributed by atoms with van der Waals surface area (Å²) in [6.45, 7) is 2.20. The highest BCUT2D eigenvalue weighted by atomic mass is 127. The molecule has 0 aliphatic carbocycles. The second-order valence-electron chi connectivity index (χ2n) is 2.31. The number of rotatable bonds is 3. The Morgan fingerprint density at radius 1 is 1.70 bits per heavy atom. The standard InChI is InChI=1S/C7H11IN2/c1-2-3-4-7-5-10(8)6-9-7/h5-6H,2-4H2,1H3. The lowest BCUT2D eigenvalue weighted by atomic mass is 10.2. The van der Waals surface area contributed by atoms with Gasteiger partial charge in [-0.15, -0.1) is 0 Å². The van der Waals surface area contributed by atoms with Crippen LogP contribution in [-0.4, -0.2) is 7.76 Å². The molecule has 0 aliphatic heterocycles. The summed E-state index contributed by atoms with van der Waals surface area (Å²) in [4.78, 5) is 4.21. The minimum atomic E-state index is 1.12. The molecule has 1 rings (SSSR count). The van der Waals surface area contributed by atoms with Gasteiger partial charge < -0.3 is 0 Å². The van der Waals surface area contributed by atoms with Gasteiger partial charge in [0, 0.05) is 6.20 Å². The number of halogens is 1. The molecule has 1 aromatic rings. The Hall–Kier alpha value is -0.0600. The molecule has 0 aliphatic rings. The van der Waals surface area contributed by atoms with Crippen molar-refractivity contribution in [2.75, 3.05) is 0 Å². The molecule has 0 aromatic carbocycles. The van der Waals surface area contributed by atoms with Gasteiger partial charge in [-0.2, -0.15) is 0 Å². The van der Waals surface area contributed by atoms with E-state index in [1.165, 1.54) is 18.5 Å². The van der Waals surface area contributed by atoms with Crippen LogP contribution in [0.3, 0.4) is 0 Å². The summed E-state index contributed by atoms with van der Waals surface area (Å²) >= 11 is 2.21. The largest absolute Gasteiger partial charge is 0.278 e. The van der Waals surface area contributed by atoms with Crippen molar-refractivity contribution >= 4 is 22.9 Å². The fraction of sp³-hybridized carbons (Fsp3) is 0.571. The van der Waals surface area contributed by atoms with Crippen molar-refractivity contribution in [3.05, 3.63) is 18.2 Å². The van der Waals surface area contributed by atoms with Crippen molar-refractivity contribution in [1.29, 1.82) is 0 Å². The van der Waals surface area contributed by atoms with E-state index in [-0.39, 0.29) is 0 Å². The maximum atomic E-state index is 4.21. The van der Waals surface area contributed by atoms with E-state index < -0.39 is 0 Å². The molecule has 0 N–H and O–H groups in total. The van der Waals surface area contributed by atoms with Crippen LogP contribution < -0.4 is 0 Å². The van der Waals surface area contributed by atoms with E-state index >= 15 is 0 Å². The van der Waals surface area contributed by atoms with Crippen molar-refractivity contribution in [3.63, 3.8) is 0 Å². The lowest BCUT2D eigenvalue weighted by Crippen LogP contribution is -1.82. The first-order valence-electron chi connectivity index (χ1n) is 3.52. The van der Waals surface area contributed by atoms with Gasteiger partial charge in [-0.1, -0.05) is 13.3 Å². The van der Waals surface area contributed by atoms with E-state index in [4.69, 9.17) is 0 Å². The molecule has 0 amide bonds. The van der Waals surface area contributed by atoms with Crippen molar-refractivity contribution in [1.82, 2.24) is 7.76 Å². The molecular formula is C7H11IN2. The molecule has 0 unspecified atom stereocenters. The average Bonchev–Trinajstić information content (AvgIpc) is 2.31. The third-order valence-electron chi connectivity index (χ3n) is 1.39. The average molecular weight is 250 g/mol. The Labute approximate surface area is 75.1 Å². The van der Waals surface area contributed by atoms with Crippen LogP contribution >= 0.6 is 22.9 Å². The van der Waals surface area contributed by atoms with E-state index in [9.17, 15) is 0 Å². The second-order valence-corrected chi connectivity index (χ2v) is 3.43. The predicted octanol–water partition coefficient (Wildman–Crippen LogP) is 2.42. The molecule has 56 valence electrons. The Bertz CT molecular complexity index is 195. The molecule has 0 atom stereocenters. The molecular weight excluding hydrogens is 239 g/mol. The summed E-state index contributed by atoms with van der Waals surface area (Å²) in [5, 5.41) is 0. The van der Waals surface area contributed by atoms with Gasteiger partial charge in [-0.25, -0.2) is 4.98 Å². The minimum Gasteiger partial charge on any atom is -0.278 e. The predicted molar refractivity (Wildman–Crippen MR) is 50.3 cm³/mol. The fourth-order valence-corrected chi connectivity index (χ4v) is 1.27. The number of hydrogen-bond acceptors (Lipinski definition) is 1. The normalized spacial score (nSPS) is 10.2. The van der Waals surface area contributed by atoms with Crippen LogP contribution in [-0.2, 0) is 6.42 Å². The third kappa shape index (κ3) is 2.28. The molecule has 0 saturated heterocycles. The van der Waals surface area contributed by atoms with Crippen molar-refractivity contribution in [2.24, 2.45) is 0 Å². The lowest BCUT2D eigenvalue weighted by Gasteiger charge is -1.89. The molecule has 10 heavy (non-hydrogen) atoms. The molecule has 3 heteroatoms. The summed E-state index contributed by atoms with van der Waals surface area (Å²) in [5.74, 6) is 0. The zero-order chi connectivity index (χ0) is 7.40. The van der Waals surface area contributed by atoms with Gasteiger partial charge in [0.2, 0.25) is 0 Å². The fourth-order valence-electron chi connectivity index (χ4n) is 0.825. The van der Waals surface area contributed by atoms with Crippen molar-refractivity contribution < 1.29 is 0 Å². The van der Waals surface area contributed by atoms with Crippen LogP contribution in [0.5, 0.6) is 0 Å². The van der Waals surface area contributed by atoms with Gasteiger partial charge in [0.1, 0.15) is 6.33 Å². The van der Waals surface area contributed by atoms with Crippen LogP contribution in [0.15, 0.2) is 12.5 Å². The molecule has 2 nitrogen and oxygen atoms in total. The van der Waals surface area contributed by atoms with Gasteiger partial charge in [0.25, 0.3) is 0 Å². The van der Waals surface area contributed by atoms with E-state index in [2.05, 4.69) is 41.0 Å². The van der Waals surface area contributed by atoms with Gasteiger partial charge in [-0.3, -0.25) is 2.78 Å². The summed E-state index contributed by atoms with van der Waals surface area (Å²) < 4.78 is 1.96.